The first kappa shape index (κ1) is 13.7. The van der Waals surface area contributed by atoms with Gasteiger partial charge in [0.15, 0.2) is 0 Å². The van der Waals surface area contributed by atoms with Crippen molar-refractivity contribution < 1.29 is 4.79 Å². The van der Waals surface area contributed by atoms with E-state index in [0.29, 0.717) is 13.1 Å². The summed E-state index contributed by atoms with van der Waals surface area (Å²) in [6, 6.07) is 0. The normalized spacial score (nSPS) is 9.67. The molecule has 3 nitrogen and oxygen atoms in total. The monoisotopic (exact) mass is 208 g/mol. The van der Waals surface area contributed by atoms with Crippen LogP contribution in [0.2, 0.25) is 0 Å². The number of rotatable bonds is 10. The maximum Gasteiger partial charge on any atom is 0.210 e. The summed E-state index contributed by atoms with van der Waals surface area (Å²) in [4.78, 5) is 14.5. The Morgan fingerprint density at radius 3 is 1.80 bits per heavy atom. The summed E-state index contributed by atoms with van der Waals surface area (Å²) in [5.74, 6) is 0. The molecule has 15 heavy (non-hydrogen) atoms. The van der Waals surface area contributed by atoms with E-state index < -0.39 is 0 Å². The van der Waals surface area contributed by atoms with Gasteiger partial charge in [-0.05, 0) is 0 Å². The maximum atomic E-state index is 10.6. The zero-order valence-corrected chi connectivity index (χ0v) is 9.27. The number of hydrogen-bond donors (Lipinski definition) is 0. The molecular weight excluding hydrogens is 188 g/mol. The molecular formula is C12H20N2O. The SMILES string of the molecule is C=CCN(C=O)CCN(CC=C)CC=C. The number of hydrogen-bond acceptors (Lipinski definition) is 2. The Morgan fingerprint density at radius 1 is 0.867 bits per heavy atom. The summed E-state index contributed by atoms with van der Waals surface area (Å²) in [5.41, 5.74) is 0. The van der Waals surface area contributed by atoms with Crippen LogP contribution in [0.3, 0.4) is 0 Å². The molecule has 0 aromatic rings. The van der Waals surface area contributed by atoms with E-state index in [0.717, 1.165) is 26.0 Å². The van der Waals surface area contributed by atoms with E-state index in [1.54, 1.807) is 11.0 Å². The van der Waals surface area contributed by atoms with Crippen LogP contribution in [0.4, 0.5) is 0 Å². The highest BCUT2D eigenvalue weighted by Crippen LogP contribution is 1.91. The van der Waals surface area contributed by atoms with Crippen molar-refractivity contribution in [1.29, 1.82) is 0 Å². The molecule has 0 fully saturated rings. The fourth-order valence-electron chi connectivity index (χ4n) is 1.24. The van der Waals surface area contributed by atoms with E-state index in [1.165, 1.54) is 0 Å². The number of carbonyl (C=O) groups is 1. The first-order valence-corrected chi connectivity index (χ1v) is 5.02. The third-order valence-electron chi connectivity index (χ3n) is 1.99. The molecule has 0 unspecified atom stereocenters. The van der Waals surface area contributed by atoms with E-state index in [1.807, 2.05) is 12.2 Å². The van der Waals surface area contributed by atoms with Gasteiger partial charge >= 0.3 is 0 Å². The Bertz CT molecular complexity index is 204. The van der Waals surface area contributed by atoms with Crippen LogP contribution in [0.25, 0.3) is 0 Å². The van der Waals surface area contributed by atoms with Gasteiger partial charge in [-0.1, -0.05) is 18.2 Å². The maximum absolute atomic E-state index is 10.6. The smallest absolute Gasteiger partial charge is 0.210 e. The van der Waals surface area contributed by atoms with Crippen molar-refractivity contribution in [3.63, 3.8) is 0 Å². The summed E-state index contributed by atoms with van der Waals surface area (Å²) in [6.07, 6.45) is 6.27. The number of carbonyl (C=O) groups excluding carboxylic acids is 1. The van der Waals surface area contributed by atoms with Crippen LogP contribution in [0.1, 0.15) is 0 Å². The molecule has 0 aromatic heterocycles. The molecule has 0 aromatic carbocycles. The van der Waals surface area contributed by atoms with Crippen molar-refractivity contribution in [2.75, 3.05) is 32.7 Å². The van der Waals surface area contributed by atoms with Crippen LogP contribution >= 0.6 is 0 Å². The second kappa shape index (κ2) is 9.21. The summed E-state index contributed by atoms with van der Waals surface area (Å²) in [7, 11) is 0. The molecule has 0 heterocycles. The Balaban J connectivity index is 3.93. The highest BCUT2D eigenvalue weighted by molar-refractivity contribution is 5.47. The van der Waals surface area contributed by atoms with Gasteiger partial charge in [-0.25, -0.2) is 0 Å². The predicted octanol–water partition coefficient (Wildman–Crippen LogP) is 1.30. The lowest BCUT2D eigenvalue weighted by Crippen LogP contribution is -2.34. The van der Waals surface area contributed by atoms with Gasteiger partial charge in [-0.3, -0.25) is 9.69 Å². The van der Waals surface area contributed by atoms with Gasteiger partial charge in [0.1, 0.15) is 0 Å². The molecule has 0 spiro atoms. The highest BCUT2D eigenvalue weighted by atomic mass is 16.1. The zero-order valence-electron chi connectivity index (χ0n) is 9.27. The van der Waals surface area contributed by atoms with E-state index >= 15 is 0 Å². The van der Waals surface area contributed by atoms with Gasteiger partial charge < -0.3 is 4.90 Å². The largest absolute Gasteiger partial charge is 0.340 e. The topological polar surface area (TPSA) is 23.6 Å². The minimum atomic E-state index is 0.597. The van der Waals surface area contributed by atoms with Gasteiger partial charge in [-0.2, -0.15) is 0 Å². The van der Waals surface area contributed by atoms with Gasteiger partial charge in [0, 0.05) is 32.7 Å². The first-order chi connectivity index (χ1) is 7.28. The molecule has 0 aliphatic heterocycles. The average Bonchev–Trinajstić information content (AvgIpc) is 2.24. The molecule has 0 saturated heterocycles. The van der Waals surface area contributed by atoms with Crippen molar-refractivity contribution in [2.24, 2.45) is 0 Å². The highest BCUT2D eigenvalue weighted by Gasteiger charge is 2.03. The van der Waals surface area contributed by atoms with Gasteiger partial charge in [0.05, 0.1) is 0 Å². The molecule has 84 valence electrons. The molecule has 3 heteroatoms. The summed E-state index contributed by atoms with van der Waals surface area (Å²) in [5, 5.41) is 0. The second-order valence-corrected chi connectivity index (χ2v) is 3.23. The minimum absolute atomic E-state index is 0.597. The standard InChI is InChI=1S/C12H20N2O/c1-4-7-13(8-5-2)10-11-14(12-15)9-6-3/h4-6,12H,1-3,7-11H2. The first-order valence-electron chi connectivity index (χ1n) is 5.02. The Morgan fingerprint density at radius 2 is 1.40 bits per heavy atom. The van der Waals surface area contributed by atoms with E-state index in [2.05, 4.69) is 24.6 Å². The van der Waals surface area contributed by atoms with Crippen molar-refractivity contribution in [1.82, 2.24) is 9.80 Å². The summed E-state index contributed by atoms with van der Waals surface area (Å²) >= 11 is 0. The fraction of sp³-hybridized carbons (Fsp3) is 0.417. The third kappa shape index (κ3) is 6.69. The third-order valence-corrected chi connectivity index (χ3v) is 1.99. The lowest BCUT2D eigenvalue weighted by molar-refractivity contribution is -0.117. The quantitative estimate of drug-likeness (QED) is 0.399. The van der Waals surface area contributed by atoms with Crippen molar-refractivity contribution in [3.8, 4) is 0 Å². The second-order valence-electron chi connectivity index (χ2n) is 3.23. The van der Waals surface area contributed by atoms with Crippen molar-refractivity contribution >= 4 is 6.41 Å². The van der Waals surface area contributed by atoms with Crippen LogP contribution in [0.15, 0.2) is 38.0 Å². The molecule has 1 amide bonds. The lowest BCUT2D eigenvalue weighted by atomic mass is 10.4. The van der Waals surface area contributed by atoms with Crippen LogP contribution < -0.4 is 0 Å². The fourth-order valence-corrected chi connectivity index (χ4v) is 1.24. The lowest BCUT2D eigenvalue weighted by Gasteiger charge is -2.22. The number of nitrogens with zero attached hydrogens (tertiary/aromatic N) is 2. The Labute approximate surface area is 92.4 Å². The minimum Gasteiger partial charge on any atom is -0.340 e. The van der Waals surface area contributed by atoms with Crippen molar-refractivity contribution in [2.45, 2.75) is 0 Å². The zero-order chi connectivity index (χ0) is 11.5. The molecule has 0 rings (SSSR count). The summed E-state index contributed by atoms with van der Waals surface area (Å²) < 4.78 is 0. The predicted molar refractivity (Wildman–Crippen MR) is 64.7 cm³/mol. The van der Waals surface area contributed by atoms with Gasteiger partial charge in [-0.15, -0.1) is 19.7 Å². The van der Waals surface area contributed by atoms with Crippen LogP contribution in [-0.4, -0.2) is 48.9 Å². The average molecular weight is 208 g/mol. The molecule has 0 aliphatic carbocycles. The van der Waals surface area contributed by atoms with Gasteiger partial charge in [0.2, 0.25) is 6.41 Å². The molecule has 0 aliphatic rings. The molecule has 0 saturated carbocycles. The van der Waals surface area contributed by atoms with Crippen LogP contribution in [0.5, 0.6) is 0 Å². The van der Waals surface area contributed by atoms with Crippen LogP contribution in [-0.2, 0) is 4.79 Å². The molecule has 0 bridgehead atoms. The Hall–Kier alpha value is -1.35. The van der Waals surface area contributed by atoms with Gasteiger partial charge in [0.25, 0.3) is 0 Å². The van der Waals surface area contributed by atoms with Crippen LogP contribution in [0, 0.1) is 0 Å². The molecule has 0 radical (unpaired) electrons. The summed E-state index contributed by atoms with van der Waals surface area (Å²) in [6.45, 7) is 14.7. The van der Waals surface area contributed by atoms with E-state index in [9.17, 15) is 4.79 Å². The van der Waals surface area contributed by atoms with Crippen molar-refractivity contribution in [3.05, 3.63) is 38.0 Å². The Kier molecular flexibility index (Phi) is 8.39. The molecule has 0 atom stereocenters. The number of amides is 1. The van der Waals surface area contributed by atoms with E-state index in [-0.39, 0.29) is 0 Å². The van der Waals surface area contributed by atoms with E-state index in [4.69, 9.17) is 0 Å². The molecule has 0 N–H and O–H groups in total.